The molecular formula is C17H20N2O. The normalized spacial score (nSPS) is 10.3. The molecule has 0 aliphatic rings. The molecule has 1 aromatic carbocycles. The molecule has 104 valence electrons. The largest absolute Gasteiger partial charge is 0.325 e. The number of benzene rings is 1. The maximum atomic E-state index is 12.1. The summed E-state index contributed by atoms with van der Waals surface area (Å²) in [6, 6.07) is 11.8. The van der Waals surface area contributed by atoms with E-state index in [0.717, 1.165) is 24.2 Å². The van der Waals surface area contributed by atoms with E-state index in [2.05, 4.69) is 36.3 Å². The lowest BCUT2D eigenvalue weighted by Crippen LogP contribution is -2.16. The molecule has 0 aliphatic heterocycles. The molecule has 0 unspecified atom stereocenters. The van der Waals surface area contributed by atoms with Gasteiger partial charge in [-0.2, -0.15) is 0 Å². The number of hydrogen-bond donors (Lipinski definition) is 1. The topological polar surface area (TPSA) is 42.0 Å². The third-order valence-corrected chi connectivity index (χ3v) is 3.30. The molecule has 0 aliphatic carbocycles. The maximum absolute atomic E-state index is 12.1. The van der Waals surface area contributed by atoms with Crippen LogP contribution in [0.5, 0.6) is 0 Å². The minimum atomic E-state index is -0.0253. The quantitative estimate of drug-likeness (QED) is 0.903. The van der Waals surface area contributed by atoms with Crippen molar-refractivity contribution in [3.8, 4) is 0 Å². The van der Waals surface area contributed by atoms with Gasteiger partial charge in [0.05, 0.1) is 6.42 Å². The van der Waals surface area contributed by atoms with E-state index in [1.807, 2.05) is 24.3 Å². The average Bonchev–Trinajstić information content (AvgIpc) is 2.48. The molecule has 2 rings (SSSR count). The highest BCUT2D eigenvalue weighted by Gasteiger charge is 2.08. The van der Waals surface area contributed by atoms with Crippen LogP contribution in [-0.2, 0) is 24.1 Å². The Labute approximate surface area is 120 Å². The van der Waals surface area contributed by atoms with Crippen molar-refractivity contribution in [2.75, 3.05) is 5.32 Å². The van der Waals surface area contributed by atoms with Crippen molar-refractivity contribution in [2.45, 2.75) is 33.1 Å². The van der Waals surface area contributed by atoms with Gasteiger partial charge in [0, 0.05) is 17.6 Å². The van der Waals surface area contributed by atoms with Crippen molar-refractivity contribution in [1.29, 1.82) is 0 Å². The second-order valence-corrected chi connectivity index (χ2v) is 4.74. The van der Waals surface area contributed by atoms with Crippen molar-refractivity contribution < 1.29 is 4.79 Å². The highest BCUT2D eigenvalue weighted by molar-refractivity contribution is 5.92. The molecule has 3 nitrogen and oxygen atoms in total. The maximum Gasteiger partial charge on any atom is 0.230 e. The van der Waals surface area contributed by atoms with Crippen LogP contribution in [0.2, 0.25) is 0 Å². The second-order valence-electron chi connectivity index (χ2n) is 4.74. The molecule has 0 atom stereocenters. The van der Waals surface area contributed by atoms with E-state index in [0.29, 0.717) is 6.42 Å². The monoisotopic (exact) mass is 268 g/mol. The lowest BCUT2D eigenvalue weighted by molar-refractivity contribution is -0.115. The van der Waals surface area contributed by atoms with Crippen molar-refractivity contribution in [3.05, 3.63) is 59.4 Å². The molecule has 2 aromatic rings. The van der Waals surface area contributed by atoms with Crippen LogP contribution < -0.4 is 5.32 Å². The Morgan fingerprint density at radius 1 is 1.15 bits per heavy atom. The first-order valence-corrected chi connectivity index (χ1v) is 7.04. The van der Waals surface area contributed by atoms with Crippen LogP contribution >= 0.6 is 0 Å². The lowest BCUT2D eigenvalue weighted by atomic mass is 10.0. The molecule has 0 fully saturated rings. The summed E-state index contributed by atoms with van der Waals surface area (Å²) < 4.78 is 0. The van der Waals surface area contributed by atoms with Crippen LogP contribution in [0.1, 0.15) is 30.7 Å². The summed E-state index contributed by atoms with van der Waals surface area (Å²) in [5.41, 5.74) is 4.17. The van der Waals surface area contributed by atoms with Crippen molar-refractivity contribution in [3.63, 3.8) is 0 Å². The third-order valence-electron chi connectivity index (χ3n) is 3.30. The summed E-state index contributed by atoms with van der Waals surface area (Å²) in [5, 5.41) is 2.98. The summed E-state index contributed by atoms with van der Waals surface area (Å²) in [6.07, 6.45) is 3.93. The number of carbonyl (C=O) groups excluding carboxylic acids is 1. The Hall–Kier alpha value is -2.16. The van der Waals surface area contributed by atoms with Gasteiger partial charge in [-0.1, -0.05) is 32.0 Å². The van der Waals surface area contributed by atoms with Crippen LogP contribution in [-0.4, -0.2) is 10.9 Å². The highest BCUT2D eigenvalue weighted by atomic mass is 16.1. The number of carbonyl (C=O) groups is 1. The third kappa shape index (κ3) is 3.67. The summed E-state index contributed by atoms with van der Waals surface area (Å²) in [7, 11) is 0. The number of aryl methyl sites for hydroxylation is 2. The summed E-state index contributed by atoms with van der Waals surface area (Å²) in [4.78, 5) is 16.2. The molecular weight excluding hydrogens is 248 g/mol. The van der Waals surface area contributed by atoms with Crippen LogP contribution in [0.3, 0.4) is 0 Å². The second kappa shape index (κ2) is 6.85. The first kappa shape index (κ1) is 14.3. The SMILES string of the molecule is CCc1ccc(NC(=O)Cc2ccccn2)c(CC)c1. The fraction of sp³-hybridized carbons (Fsp3) is 0.294. The highest BCUT2D eigenvalue weighted by Crippen LogP contribution is 2.19. The zero-order valence-electron chi connectivity index (χ0n) is 12.0. The molecule has 1 aromatic heterocycles. The minimum Gasteiger partial charge on any atom is -0.325 e. The van der Waals surface area contributed by atoms with E-state index in [4.69, 9.17) is 0 Å². The van der Waals surface area contributed by atoms with Gasteiger partial charge in [-0.15, -0.1) is 0 Å². The molecule has 0 spiro atoms. The average molecular weight is 268 g/mol. The fourth-order valence-corrected chi connectivity index (χ4v) is 2.14. The van der Waals surface area contributed by atoms with Gasteiger partial charge in [-0.3, -0.25) is 9.78 Å². The Morgan fingerprint density at radius 2 is 2.00 bits per heavy atom. The number of pyridine rings is 1. The van der Waals surface area contributed by atoms with E-state index >= 15 is 0 Å². The Morgan fingerprint density at radius 3 is 2.65 bits per heavy atom. The number of rotatable bonds is 5. The first-order chi connectivity index (χ1) is 9.72. The number of hydrogen-bond acceptors (Lipinski definition) is 2. The Bertz CT molecular complexity index is 579. The van der Waals surface area contributed by atoms with Crippen molar-refractivity contribution in [2.24, 2.45) is 0 Å². The molecule has 0 bridgehead atoms. The first-order valence-electron chi connectivity index (χ1n) is 7.04. The molecule has 1 N–H and O–H groups in total. The number of nitrogens with one attached hydrogen (secondary N) is 1. The standard InChI is InChI=1S/C17H20N2O/c1-3-13-8-9-16(14(4-2)11-13)19-17(20)12-15-7-5-6-10-18-15/h5-11H,3-4,12H2,1-2H3,(H,19,20). The summed E-state index contributed by atoms with van der Waals surface area (Å²) in [6.45, 7) is 4.23. The van der Waals surface area contributed by atoms with Crippen LogP contribution in [0.25, 0.3) is 0 Å². The lowest BCUT2D eigenvalue weighted by Gasteiger charge is -2.11. The van der Waals surface area contributed by atoms with Crippen LogP contribution in [0, 0.1) is 0 Å². The smallest absolute Gasteiger partial charge is 0.230 e. The zero-order valence-corrected chi connectivity index (χ0v) is 12.0. The van der Waals surface area contributed by atoms with Gasteiger partial charge in [0.15, 0.2) is 0 Å². The van der Waals surface area contributed by atoms with Crippen molar-refractivity contribution >= 4 is 11.6 Å². The van der Waals surface area contributed by atoms with E-state index in [-0.39, 0.29) is 5.91 Å². The fourth-order valence-electron chi connectivity index (χ4n) is 2.14. The van der Waals surface area contributed by atoms with Gasteiger partial charge in [0.2, 0.25) is 5.91 Å². The molecule has 0 saturated heterocycles. The number of nitrogens with zero attached hydrogens (tertiary/aromatic N) is 1. The predicted molar refractivity (Wildman–Crippen MR) is 81.8 cm³/mol. The van der Waals surface area contributed by atoms with Gasteiger partial charge < -0.3 is 5.32 Å². The summed E-state index contributed by atoms with van der Waals surface area (Å²) in [5.74, 6) is -0.0253. The van der Waals surface area contributed by atoms with E-state index < -0.39 is 0 Å². The molecule has 0 radical (unpaired) electrons. The van der Waals surface area contributed by atoms with Crippen LogP contribution in [0.4, 0.5) is 5.69 Å². The molecule has 0 saturated carbocycles. The van der Waals surface area contributed by atoms with Crippen LogP contribution in [0.15, 0.2) is 42.6 Å². The van der Waals surface area contributed by atoms with E-state index in [1.54, 1.807) is 6.20 Å². The molecule has 1 amide bonds. The number of amides is 1. The predicted octanol–water partition coefficient (Wildman–Crippen LogP) is 3.39. The van der Waals surface area contributed by atoms with Crippen molar-refractivity contribution in [1.82, 2.24) is 4.98 Å². The van der Waals surface area contributed by atoms with Gasteiger partial charge in [0.25, 0.3) is 0 Å². The molecule has 20 heavy (non-hydrogen) atoms. The van der Waals surface area contributed by atoms with E-state index in [1.165, 1.54) is 11.1 Å². The van der Waals surface area contributed by atoms with Gasteiger partial charge >= 0.3 is 0 Å². The van der Waals surface area contributed by atoms with Gasteiger partial charge in [-0.05, 0) is 42.2 Å². The van der Waals surface area contributed by atoms with Gasteiger partial charge in [-0.25, -0.2) is 0 Å². The minimum absolute atomic E-state index is 0.0253. The Kier molecular flexibility index (Phi) is 4.88. The van der Waals surface area contributed by atoms with E-state index in [9.17, 15) is 4.79 Å². The Balaban J connectivity index is 2.07. The zero-order chi connectivity index (χ0) is 14.4. The van der Waals surface area contributed by atoms with Gasteiger partial charge in [0.1, 0.15) is 0 Å². The summed E-state index contributed by atoms with van der Waals surface area (Å²) >= 11 is 0. The molecule has 1 heterocycles. The number of anilines is 1. The molecule has 3 heteroatoms. The number of aromatic nitrogens is 1.